The van der Waals surface area contributed by atoms with Crippen molar-refractivity contribution in [3.8, 4) is 0 Å². The topological polar surface area (TPSA) is 80.0 Å². The molecule has 0 aliphatic rings. The first-order valence-electron chi connectivity index (χ1n) is 5.36. The third-order valence-electron chi connectivity index (χ3n) is 2.22. The molecule has 3 N–H and O–H groups in total. The van der Waals surface area contributed by atoms with Crippen molar-refractivity contribution in [1.29, 1.82) is 0 Å². The van der Waals surface area contributed by atoms with Crippen LogP contribution in [0.1, 0.15) is 0 Å². The first-order chi connectivity index (χ1) is 8.95. The zero-order valence-corrected chi connectivity index (χ0v) is 12.7. The van der Waals surface area contributed by atoms with Gasteiger partial charge in [-0.1, -0.05) is 11.6 Å². The predicted octanol–water partition coefficient (Wildman–Crippen LogP) is 2.68. The minimum Gasteiger partial charge on any atom is -0.368 e. The molecule has 0 aliphatic carbocycles. The van der Waals surface area contributed by atoms with E-state index in [9.17, 15) is 0 Å². The van der Waals surface area contributed by atoms with Gasteiger partial charge in [0.1, 0.15) is 0 Å². The summed E-state index contributed by atoms with van der Waals surface area (Å²) in [5.41, 5.74) is 6.44. The van der Waals surface area contributed by atoms with Crippen LogP contribution in [-0.2, 0) is 0 Å². The molecule has 1 aromatic heterocycles. The third kappa shape index (κ3) is 3.45. The summed E-state index contributed by atoms with van der Waals surface area (Å²) in [6, 6.07) is 5.37. The van der Waals surface area contributed by atoms with Crippen molar-refractivity contribution in [1.82, 2.24) is 15.0 Å². The molecule has 0 aliphatic heterocycles. The van der Waals surface area contributed by atoms with E-state index < -0.39 is 0 Å². The lowest BCUT2D eigenvalue weighted by atomic mass is 10.3. The van der Waals surface area contributed by atoms with E-state index >= 15 is 0 Å². The van der Waals surface area contributed by atoms with Gasteiger partial charge in [0.05, 0.1) is 5.69 Å². The molecule has 1 heterocycles. The monoisotopic (exact) mass is 342 g/mol. The fourth-order valence-electron chi connectivity index (χ4n) is 1.35. The molecular weight excluding hydrogens is 332 g/mol. The summed E-state index contributed by atoms with van der Waals surface area (Å²) in [5.74, 6) is 1.02. The van der Waals surface area contributed by atoms with Crippen molar-refractivity contribution in [2.45, 2.75) is 0 Å². The maximum absolute atomic E-state index is 5.89. The molecule has 0 atom stereocenters. The van der Waals surface area contributed by atoms with Crippen molar-refractivity contribution in [2.24, 2.45) is 0 Å². The summed E-state index contributed by atoms with van der Waals surface area (Å²) in [5, 5.41) is 3.70. The first kappa shape index (κ1) is 13.8. The molecule has 0 bridgehead atoms. The van der Waals surface area contributed by atoms with Crippen molar-refractivity contribution in [2.75, 3.05) is 30.0 Å². The second-order valence-electron chi connectivity index (χ2n) is 3.96. The van der Waals surface area contributed by atoms with Gasteiger partial charge >= 0.3 is 0 Å². The van der Waals surface area contributed by atoms with Gasteiger partial charge in [0.25, 0.3) is 0 Å². The number of nitrogen functional groups attached to an aromatic ring is 1. The Balaban J connectivity index is 2.32. The molecule has 0 fully saturated rings. The van der Waals surface area contributed by atoms with Crippen molar-refractivity contribution in [3.05, 3.63) is 27.7 Å². The van der Waals surface area contributed by atoms with E-state index in [1.807, 2.05) is 20.2 Å². The summed E-state index contributed by atoms with van der Waals surface area (Å²) >= 11 is 9.30. The van der Waals surface area contributed by atoms with Crippen LogP contribution in [0.4, 0.5) is 23.5 Å². The lowest BCUT2D eigenvalue weighted by Crippen LogP contribution is -2.15. The molecule has 0 saturated heterocycles. The van der Waals surface area contributed by atoms with Gasteiger partial charge in [-0.25, -0.2) is 0 Å². The average molecular weight is 344 g/mol. The van der Waals surface area contributed by atoms with Crippen LogP contribution in [0.25, 0.3) is 0 Å². The van der Waals surface area contributed by atoms with Crippen LogP contribution in [0.2, 0.25) is 5.02 Å². The van der Waals surface area contributed by atoms with E-state index in [0.717, 1.165) is 10.2 Å². The highest BCUT2D eigenvalue weighted by Crippen LogP contribution is 2.28. The molecule has 0 unspecified atom stereocenters. The van der Waals surface area contributed by atoms with Gasteiger partial charge in [0.2, 0.25) is 17.8 Å². The number of aromatic nitrogens is 3. The molecule has 2 aromatic rings. The third-order valence-corrected chi connectivity index (χ3v) is 3.11. The number of rotatable bonds is 3. The molecule has 0 spiro atoms. The number of halogens is 2. The second-order valence-corrected chi connectivity index (χ2v) is 5.25. The molecule has 19 heavy (non-hydrogen) atoms. The highest BCUT2D eigenvalue weighted by atomic mass is 79.9. The van der Waals surface area contributed by atoms with E-state index in [1.165, 1.54) is 0 Å². The first-order valence-corrected chi connectivity index (χ1v) is 6.54. The van der Waals surface area contributed by atoms with Crippen LogP contribution < -0.4 is 16.0 Å². The summed E-state index contributed by atoms with van der Waals surface area (Å²) in [4.78, 5) is 14.1. The molecule has 8 heteroatoms. The Kier molecular flexibility index (Phi) is 4.06. The van der Waals surface area contributed by atoms with Gasteiger partial charge in [-0.2, -0.15) is 15.0 Å². The van der Waals surface area contributed by atoms with Crippen molar-refractivity contribution in [3.63, 3.8) is 0 Å². The number of benzene rings is 1. The average Bonchev–Trinajstić information content (AvgIpc) is 2.32. The normalized spacial score (nSPS) is 10.3. The van der Waals surface area contributed by atoms with Gasteiger partial charge in [0, 0.05) is 23.6 Å². The molecule has 2 rings (SSSR count). The molecule has 0 amide bonds. The molecular formula is C11H12BrClN6. The Hall–Kier alpha value is -1.60. The zero-order chi connectivity index (χ0) is 14.0. The highest BCUT2D eigenvalue weighted by molar-refractivity contribution is 9.10. The van der Waals surface area contributed by atoms with E-state index in [1.54, 1.807) is 17.0 Å². The largest absolute Gasteiger partial charge is 0.368 e. The van der Waals surface area contributed by atoms with Gasteiger partial charge < -0.3 is 16.0 Å². The number of hydrogen-bond donors (Lipinski definition) is 2. The van der Waals surface area contributed by atoms with E-state index in [4.69, 9.17) is 17.3 Å². The summed E-state index contributed by atoms with van der Waals surface area (Å²) in [6.07, 6.45) is 0. The highest BCUT2D eigenvalue weighted by Gasteiger charge is 2.08. The molecule has 0 saturated carbocycles. The summed E-state index contributed by atoms with van der Waals surface area (Å²) in [6.45, 7) is 0. The second kappa shape index (κ2) is 5.58. The van der Waals surface area contributed by atoms with Crippen LogP contribution >= 0.6 is 27.5 Å². The molecule has 1 aromatic carbocycles. The minimum atomic E-state index is 0.159. The molecule has 6 nitrogen and oxygen atoms in total. The zero-order valence-electron chi connectivity index (χ0n) is 10.4. The Morgan fingerprint density at radius 2 is 2.00 bits per heavy atom. The number of nitrogens with two attached hydrogens (primary N) is 1. The van der Waals surface area contributed by atoms with Gasteiger partial charge in [-0.15, -0.1) is 0 Å². The number of nitrogens with zero attached hydrogens (tertiary/aromatic N) is 4. The van der Waals surface area contributed by atoms with Crippen molar-refractivity contribution < 1.29 is 0 Å². The maximum atomic E-state index is 5.89. The van der Waals surface area contributed by atoms with E-state index in [0.29, 0.717) is 16.9 Å². The van der Waals surface area contributed by atoms with Crippen LogP contribution in [0, 0.1) is 0 Å². The van der Waals surface area contributed by atoms with E-state index in [2.05, 4.69) is 36.2 Å². The smallest absolute Gasteiger partial charge is 0.233 e. The van der Waals surface area contributed by atoms with Crippen LogP contribution in [-0.4, -0.2) is 29.0 Å². The fraction of sp³-hybridized carbons (Fsp3) is 0.182. The maximum Gasteiger partial charge on any atom is 0.233 e. The summed E-state index contributed by atoms with van der Waals surface area (Å²) < 4.78 is 0.811. The number of hydrogen-bond acceptors (Lipinski definition) is 6. The Bertz CT molecular complexity index is 604. The van der Waals surface area contributed by atoms with Gasteiger partial charge in [-0.3, -0.25) is 0 Å². The Morgan fingerprint density at radius 1 is 1.26 bits per heavy atom. The fourth-order valence-corrected chi connectivity index (χ4v) is 2.13. The lowest BCUT2D eigenvalue weighted by molar-refractivity contribution is 0.969. The summed E-state index contributed by atoms with van der Waals surface area (Å²) in [7, 11) is 3.66. The Morgan fingerprint density at radius 3 is 2.63 bits per heavy atom. The standard InChI is InChI=1S/C11H12BrClN6/c1-19(2)11-17-9(14)16-10(18-11)15-8-4-3-6(13)5-7(8)12/h3-5H,1-2H3,(H3,14,15,16,17,18). The van der Waals surface area contributed by atoms with Crippen molar-refractivity contribution >= 4 is 51.1 Å². The molecule has 100 valence electrons. The predicted molar refractivity (Wildman–Crippen MR) is 81.0 cm³/mol. The van der Waals surface area contributed by atoms with E-state index in [-0.39, 0.29) is 5.95 Å². The number of nitrogens with one attached hydrogen (secondary N) is 1. The number of anilines is 4. The minimum absolute atomic E-state index is 0.159. The lowest BCUT2D eigenvalue weighted by Gasteiger charge is -2.12. The van der Waals surface area contributed by atoms with Crippen LogP contribution in [0.15, 0.2) is 22.7 Å². The molecule has 0 radical (unpaired) electrons. The van der Waals surface area contributed by atoms with Gasteiger partial charge in [-0.05, 0) is 34.1 Å². The SMILES string of the molecule is CN(C)c1nc(N)nc(Nc2ccc(Cl)cc2Br)n1. The van der Waals surface area contributed by atoms with Gasteiger partial charge in [0.15, 0.2) is 0 Å². The van der Waals surface area contributed by atoms with Crippen LogP contribution in [0.3, 0.4) is 0 Å². The van der Waals surface area contributed by atoms with Crippen LogP contribution in [0.5, 0.6) is 0 Å². The Labute approximate surface area is 124 Å². The quantitative estimate of drug-likeness (QED) is 0.892.